The molecule has 2 atom stereocenters. The van der Waals surface area contributed by atoms with Crippen molar-refractivity contribution in [2.24, 2.45) is 11.3 Å². The minimum Gasteiger partial charge on any atom is -0.380 e. The first-order valence-electron chi connectivity index (χ1n) is 8.82. The van der Waals surface area contributed by atoms with Crippen LogP contribution in [0.25, 0.3) is 0 Å². The summed E-state index contributed by atoms with van der Waals surface area (Å²) in [5.41, 5.74) is 1.77. The fraction of sp³-hybridized carbons (Fsp3) is 0.737. The zero-order chi connectivity index (χ0) is 16.6. The van der Waals surface area contributed by atoms with Gasteiger partial charge in [0.05, 0.1) is 11.0 Å². The second kappa shape index (κ2) is 6.56. The van der Waals surface area contributed by atoms with Crippen LogP contribution in [0.1, 0.15) is 60.1 Å². The second-order valence-electron chi connectivity index (χ2n) is 8.12. The molecule has 2 heterocycles. The van der Waals surface area contributed by atoms with E-state index in [1.165, 1.54) is 16.9 Å². The van der Waals surface area contributed by atoms with Crippen molar-refractivity contribution in [2.45, 2.75) is 59.0 Å². The van der Waals surface area contributed by atoms with Crippen molar-refractivity contribution < 1.29 is 9.53 Å². The van der Waals surface area contributed by atoms with Crippen molar-refractivity contribution in [3.8, 4) is 0 Å². The van der Waals surface area contributed by atoms with Gasteiger partial charge in [-0.05, 0) is 55.1 Å². The SMILES string of the molecule is COC1CCCN(C(=O)c2cc3c(s2)CCC(C(C)(C)C)C3)C1. The van der Waals surface area contributed by atoms with Crippen molar-refractivity contribution in [3.05, 3.63) is 21.4 Å². The van der Waals surface area contributed by atoms with Gasteiger partial charge in [-0.1, -0.05) is 20.8 Å². The standard InChI is InChI=1S/C19H29NO2S/c1-19(2,3)14-7-8-16-13(10-14)11-17(23-16)18(21)20-9-5-6-15(12-20)22-4/h11,14-15H,5-10,12H2,1-4H3. The third-order valence-electron chi connectivity index (χ3n) is 5.52. The minimum atomic E-state index is 0.201. The van der Waals surface area contributed by atoms with Crippen LogP contribution >= 0.6 is 11.3 Å². The molecule has 0 radical (unpaired) electrons. The predicted octanol–water partition coefficient (Wildman–Crippen LogP) is 4.15. The maximum Gasteiger partial charge on any atom is 0.264 e. The molecule has 1 aromatic rings. The predicted molar refractivity (Wildman–Crippen MR) is 95.2 cm³/mol. The summed E-state index contributed by atoms with van der Waals surface area (Å²) in [6, 6.07) is 2.18. The lowest BCUT2D eigenvalue weighted by Gasteiger charge is -2.33. The van der Waals surface area contributed by atoms with Gasteiger partial charge in [-0.25, -0.2) is 0 Å². The van der Waals surface area contributed by atoms with Gasteiger partial charge >= 0.3 is 0 Å². The summed E-state index contributed by atoms with van der Waals surface area (Å²) in [6.07, 6.45) is 5.82. The van der Waals surface area contributed by atoms with E-state index in [1.807, 2.05) is 4.90 Å². The number of aryl methyl sites for hydroxylation is 1. The third kappa shape index (κ3) is 3.63. The number of hydrogen-bond acceptors (Lipinski definition) is 3. The molecule has 3 rings (SSSR count). The Morgan fingerprint density at radius 2 is 2.13 bits per heavy atom. The third-order valence-corrected chi connectivity index (χ3v) is 6.74. The first kappa shape index (κ1) is 17.0. The lowest BCUT2D eigenvalue weighted by molar-refractivity contribution is 0.0271. The van der Waals surface area contributed by atoms with Crippen LogP contribution in [0.4, 0.5) is 0 Å². The zero-order valence-electron chi connectivity index (χ0n) is 14.9. The quantitative estimate of drug-likeness (QED) is 0.812. The highest BCUT2D eigenvalue weighted by molar-refractivity contribution is 7.14. The van der Waals surface area contributed by atoms with E-state index in [4.69, 9.17) is 4.74 Å². The Bertz CT molecular complexity index is 572. The average Bonchev–Trinajstić information content (AvgIpc) is 2.96. The Balaban J connectivity index is 1.73. The highest BCUT2D eigenvalue weighted by Gasteiger charge is 2.31. The molecule has 1 aliphatic heterocycles. The minimum absolute atomic E-state index is 0.201. The fourth-order valence-corrected chi connectivity index (χ4v) is 5.02. The van der Waals surface area contributed by atoms with Crippen LogP contribution in [-0.4, -0.2) is 37.1 Å². The van der Waals surface area contributed by atoms with Crippen molar-refractivity contribution in [1.29, 1.82) is 0 Å². The summed E-state index contributed by atoms with van der Waals surface area (Å²) in [6.45, 7) is 8.60. The Labute approximate surface area is 144 Å². The number of ether oxygens (including phenoxy) is 1. The molecule has 0 aromatic carbocycles. The molecule has 0 saturated carbocycles. The summed E-state index contributed by atoms with van der Waals surface area (Å²) in [5, 5.41) is 0. The van der Waals surface area contributed by atoms with Gasteiger partial charge in [-0.2, -0.15) is 0 Å². The molecule has 1 fully saturated rings. The number of rotatable bonds is 2. The molecule has 4 heteroatoms. The van der Waals surface area contributed by atoms with Gasteiger partial charge in [0, 0.05) is 25.1 Å². The monoisotopic (exact) mass is 335 g/mol. The summed E-state index contributed by atoms with van der Waals surface area (Å²) >= 11 is 1.73. The van der Waals surface area contributed by atoms with Crippen LogP contribution in [-0.2, 0) is 17.6 Å². The number of piperidine rings is 1. The van der Waals surface area contributed by atoms with Crippen LogP contribution in [0.15, 0.2) is 6.07 Å². The van der Waals surface area contributed by atoms with E-state index in [-0.39, 0.29) is 12.0 Å². The van der Waals surface area contributed by atoms with Crippen molar-refractivity contribution in [3.63, 3.8) is 0 Å². The number of amides is 1. The van der Waals surface area contributed by atoms with Crippen molar-refractivity contribution >= 4 is 17.2 Å². The van der Waals surface area contributed by atoms with Crippen LogP contribution in [0.5, 0.6) is 0 Å². The van der Waals surface area contributed by atoms with E-state index in [9.17, 15) is 4.79 Å². The summed E-state index contributed by atoms with van der Waals surface area (Å²) < 4.78 is 5.45. The topological polar surface area (TPSA) is 29.5 Å². The first-order chi connectivity index (χ1) is 10.9. The largest absolute Gasteiger partial charge is 0.380 e. The van der Waals surface area contributed by atoms with E-state index in [0.29, 0.717) is 5.41 Å². The van der Waals surface area contributed by atoms with E-state index < -0.39 is 0 Å². The number of hydrogen-bond donors (Lipinski definition) is 0. The molecule has 3 nitrogen and oxygen atoms in total. The zero-order valence-corrected chi connectivity index (χ0v) is 15.7. The molecule has 0 spiro atoms. The molecule has 1 saturated heterocycles. The number of likely N-dealkylation sites (tertiary alicyclic amines) is 1. The number of carbonyl (C=O) groups excluding carboxylic acids is 1. The van der Waals surface area contributed by atoms with Gasteiger partial charge in [0.15, 0.2) is 0 Å². The molecule has 2 aliphatic rings. The van der Waals surface area contributed by atoms with Gasteiger partial charge in [0.25, 0.3) is 5.91 Å². The average molecular weight is 336 g/mol. The lowest BCUT2D eigenvalue weighted by atomic mass is 9.72. The molecule has 1 aliphatic carbocycles. The maximum atomic E-state index is 12.8. The second-order valence-corrected chi connectivity index (χ2v) is 9.25. The molecule has 1 aromatic heterocycles. The Morgan fingerprint density at radius 3 is 2.83 bits per heavy atom. The van der Waals surface area contributed by atoms with Gasteiger partial charge in [0.2, 0.25) is 0 Å². The molecule has 128 valence electrons. The van der Waals surface area contributed by atoms with E-state index in [1.54, 1.807) is 18.4 Å². The molecule has 0 bridgehead atoms. The number of nitrogens with zero attached hydrogens (tertiary/aromatic N) is 1. The highest BCUT2D eigenvalue weighted by atomic mass is 32.1. The number of thiophene rings is 1. The number of carbonyl (C=O) groups is 1. The first-order valence-corrected chi connectivity index (χ1v) is 9.64. The van der Waals surface area contributed by atoms with Crippen molar-refractivity contribution in [2.75, 3.05) is 20.2 Å². The van der Waals surface area contributed by atoms with Crippen molar-refractivity contribution in [1.82, 2.24) is 4.90 Å². The Hall–Kier alpha value is -0.870. The molecule has 0 N–H and O–H groups in total. The van der Waals surface area contributed by atoms with Crippen LogP contribution in [0.3, 0.4) is 0 Å². The van der Waals surface area contributed by atoms with E-state index in [0.717, 1.165) is 49.6 Å². The van der Waals surface area contributed by atoms with Gasteiger partial charge in [-0.3, -0.25) is 4.79 Å². The summed E-state index contributed by atoms with van der Waals surface area (Å²) in [4.78, 5) is 17.2. The Morgan fingerprint density at radius 1 is 1.35 bits per heavy atom. The van der Waals surface area contributed by atoms with E-state index in [2.05, 4.69) is 26.8 Å². The van der Waals surface area contributed by atoms with Gasteiger partial charge in [-0.15, -0.1) is 11.3 Å². The molecule has 1 amide bonds. The lowest BCUT2D eigenvalue weighted by Crippen LogP contribution is -2.42. The van der Waals surface area contributed by atoms with Gasteiger partial charge in [0.1, 0.15) is 0 Å². The highest BCUT2D eigenvalue weighted by Crippen LogP contribution is 2.40. The van der Waals surface area contributed by atoms with E-state index >= 15 is 0 Å². The number of fused-ring (bicyclic) bond motifs is 1. The maximum absolute atomic E-state index is 12.8. The van der Waals surface area contributed by atoms with Crippen LogP contribution < -0.4 is 0 Å². The smallest absolute Gasteiger partial charge is 0.264 e. The fourth-order valence-electron chi connectivity index (χ4n) is 3.84. The normalized spacial score (nSPS) is 25.3. The molecular formula is C19H29NO2S. The number of methoxy groups -OCH3 is 1. The van der Waals surface area contributed by atoms with Crippen LogP contribution in [0.2, 0.25) is 0 Å². The molecular weight excluding hydrogens is 306 g/mol. The molecule has 2 unspecified atom stereocenters. The summed E-state index contributed by atoms with van der Waals surface area (Å²) in [7, 11) is 1.75. The molecule has 23 heavy (non-hydrogen) atoms. The van der Waals surface area contributed by atoms with Gasteiger partial charge < -0.3 is 9.64 Å². The Kier molecular flexibility index (Phi) is 4.84. The van der Waals surface area contributed by atoms with Crippen LogP contribution in [0, 0.1) is 11.3 Å². The summed E-state index contributed by atoms with van der Waals surface area (Å²) in [5.74, 6) is 0.930.